The average molecular weight is 204 g/mol. The van der Waals surface area contributed by atoms with Crippen molar-refractivity contribution in [3.8, 4) is 0 Å². The predicted octanol–water partition coefficient (Wildman–Crippen LogP) is 1.87. The molecule has 0 aromatic heterocycles. The van der Waals surface area contributed by atoms with Crippen molar-refractivity contribution in [2.24, 2.45) is 0 Å². The number of halogens is 1. The Kier molecular flexibility index (Phi) is 3.47. The monoisotopic (exact) mass is 203 g/mol. The Labute approximate surface area is 85.2 Å². The van der Waals surface area contributed by atoms with Crippen LogP contribution in [0.5, 0.6) is 0 Å². The second-order valence-electron chi connectivity index (χ2n) is 3.99. The van der Waals surface area contributed by atoms with E-state index in [9.17, 15) is 0 Å². The molecule has 0 N–H and O–H groups in total. The molecule has 0 aromatic rings. The molecule has 2 nitrogen and oxygen atoms in total. The van der Waals surface area contributed by atoms with Crippen molar-refractivity contribution in [3.05, 3.63) is 0 Å². The summed E-state index contributed by atoms with van der Waals surface area (Å²) in [4.78, 5) is 2.51. The van der Waals surface area contributed by atoms with E-state index in [-0.39, 0.29) is 0 Å². The molecule has 0 radical (unpaired) electrons. The SMILES string of the molecule is ClCCN1CCOC2CCCCC21. The van der Waals surface area contributed by atoms with Gasteiger partial charge in [-0.05, 0) is 12.8 Å². The summed E-state index contributed by atoms with van der Waals surface area (Å²) in [7, 11) is 0. The number of nitrogens with zero attached hydrogens (tertiary/aromatic N) is 1. The third kappa shape index (κ3) is 2.17. The molecule has 0 aromatic carbocycles. The molecular formula is C10H18ClNO. The molecule has 1 aliphatic heterocycles. The molecule has 2 atom stereocenters. The summed E-state index contributed by atoms with van der Waals surface area (Å²) < 4.78 is 5.77. The number of alkyl halides is 1. The van der Waals surface area contributed by atoms with Gasteiger partial charge in [0.25, 0.3) is 0 Å². The van der Waals surface area contributed by atoms with Crippen molar-refractivity contribution in [1.29, 1.82) is 0 Å². The van der Waals surface area contributed by atoms with Crippen LogP contribution in [0.25, 0.3) is 0 Å². The summed E-state index contributed by atoms with van der Waals surface area (Å²) in [6, 6.07) is 0.668. The summed E-state index contributed by atoms with van der Waals surface area (Å²) in [5.74, 6) is 0.753. The highest BCUT2D eigenvalue weighted by Gasteiger charge is 2.33. The molecule has 2 rings (SSSR count). The zero-order valence-electron chi connectivity index (χ0n) is 8.04. The second kappa shape index (κ2) is 4.63. The maximum atomic E-state index is 5.78. The minimum absolute atomic E-state index is 0.505. The van der Waals surface area contributed by atoms with E-state index < -0.39 is 0 Å². The molecule has 1 saturated carbocycles. The molecule has 2 fully saturated rings. The summed E-state index contributed by atoms with van der Waals surface area (Å²) >= 11 is 5.78. The first-order valence-electron chi connectivity index (χ1n) is 5.33. The lowest BCUT2D eigenvalue weighted by atomic mass is 9.90. The lowest BCUT2D eigenvalue weighted by Crippen LogP contribution is -2.53. The summed E-state index contributed by atoms with van der Waals surface area (Å²) in [5.41, 5.74) is 0. The van der Waals surface area contributed by atoms with Crippen molar-refractivity contribution in [1.82, 2.24) is 4.90 Å². The average Bonchev–Trinajstić information content (AvgIpc) is 2.19. The van der Waals surface area contributed by atoms with Gasteiger partial charge in [0.2, 0.25) is 0 Å². The summed E-state index contributed by atoms with van der Waals surface area (Å²) in [5, 5.41) is 0. The van der Waals surface area contributed by atoms with Crippen molar-refractivity contribution < 1.29 is 4.74 Å². The molecule has 76 valence electrons. The molecule has 1 heterocycles. The van der Waals surface area contributed by atoms with Crippen molar-refractivity contribution in [3.63, 3.8) is 0 Å². The van der Waals surface area contributed by atoms with Gasteiger partial charge in [0, 0.05) is 25.0 Å². The van der Waals surface area contributed by atoms with E-state index in [1.54, 1.807) is 0 Å². The Morgan fingerprint density at radius 1 is 1.31 bits per heavy atom. The fourth-order valence-corrected chi connectivity index (χ4v) is 2.78. The third-order valence-corrected chi connectivity index (χ3v) is 3.39. The molecule has 0 amide bonds. The van der Waals surface area contributed by atoms with Crippen molar-refractivity contribution in [2.45, 2.75) is 37.8 Å². The minimum Gasteiger partial charge on any atom is -0.375 e. The Balaban J connectivity index is 1.94. The van der Waals surface area contributed by atoms with Gasteiger partial charge in [-0.2, -0.15) is 0 Å². The van der Waals surface area contributed by atoms with Crippen LogP contribution in [-0.2, 0) is 4.74 Å². The number of morpholine rings is 1. The van der Waals surface area contributed by atoms with E-state index in [0.717, 1.165) is 25.6 Å². The van der Waals surface area contributed by atoms with Gasteiger partial charge >= 0.3 is 0 Å². The van der Waals surface area contributed by atoms with Crippen molar-refractivity contribution in [2.75, 3.05) is 25.6 Å². The third-order valence-electron chi connectivity index (χ3n) is 3.22. The van der Waals surface area contributed by atoms with Crippen LogP contribution in [0.3, 0.4) is 0 Å². The van der Waals surface area contributed by atoms with Gasteiger partial charge in [-0.15, -0.1) is 11.6 Å². The normalized spacial score (nSPS) is 35.8. The number of rotatable bonds is 2. The second-order valence-corrected chi connectivity index (χ2v) is 4.36. The number of hydrogen-bond donors (Lipinski definition) is 0. The summed E-state index contributed by atoms with van der Waals surface area (Å²) in [6.45, 7) is 3.01. The molecule has 1 saturated heterocycles. The lowest BCUT2D eigenvalue weighted by molar-refractivity contribution is -0.0859. The molecule has 1 aliphatic carbocycles. The highest BCUT2D eigenvalue weighted by Crippen LogP contribution is 2.28. The van der Waals surface area contributed by atoms with E-state index >= 15 is 0 Å². The largest absolute Gasteiger partial charge is 0.375 e. The van der Waals surface area contributed by atoms with Gasteiger partial charge in [0.15, 0.2) is 0 Å². The Morgan fingerprint density at radius 3 is 3.00 bits per heavy atom. The first-order valence-corrected chi connectivity index (χ1v) is 5.87. The van der Waals surface area contributed by atoms with E-state index in [1.165, 1.54) is 25.7 Å². The fourth-order valence-electron chi connectivity index (χ4n) is 2.56. The lowest BCUT2D eigenvalue weighted by Gasteiger charge is -2.43. The van der Waals surface area contributed by atoms with Crippen LogP contribution in [0.4, 0.5) is 0 Å². The van der Waals surface area contributed by atoms with E-state index in [0.29, 0.717) is 12.1 Å². The number of fused-ring (bicyclic) bond motifs is 1. The van der Waals surface area contributed by atoms with Gasteiger partial charge < -0.3 is 4.74 Å². The maximum Gasteiger partial charge on any atom is 0.0730 e. The minimum atomic E-state index is 0.505. The first kappa shape index (κ1) is 9.75. The highest BCUT2D eigenvalue weighted by atomic mass is 35.5. The molecule has 0 bridgehead atoms. The van der Waals surface area contributed by atoms with Crippen LogP contribution in [0, 0.1) is 0 Å². The molecular weight excluding hydrogens is 186 g/mol. The number of hydrogen-bond acceptors (Lipinski definition) is 2. The number of ether oxygens (including phenoxy) is 1. The Hall–Kier alpha value is 0.210. The van der Waals surface area contributed by atoms with Crippen LogP contribution >= 0.6 is 11.6 Å². The van der Waals surface area contributed by atoms with Crippen molar-refractivity contribution >= 4 is 11.6 Å². The molecule has 0 spiro atoms. The molecule has 2 unspecified atom stereocenters. The van der Waals surface area contributed by atoms with Gasteiger partial charge in [-0.3, -0.25) is 4.90 Å². The van der Waals surface area contributed by atoms with Crippen LogP contribution in [0.1, 0.15) is 25.7 Å². The first-order chi connectivity index (χ1) is 6.42. The van der Waals surface area contributed by atoms with Crippen LogP contribution < -0.4 is 0 Å². The Morgan fingerprint density at radius 2 is 2.15 bits per heavy atom. The van der Waals surface area contributed by atoms with E-state index in [4.69, 9.17) is 16.3 Å². The predicted molar refractivity (Wildman–Crippen MR) is 54.3 cm³/mol. The molecule has 2 aliphatic rings. The zero-order valence-corrected chi connectivity index (χ0v) is 8.80. The van der Waals surface area contributed by atoms with Crippen LogP contribution in [0.15, 0.2) is 0 Å². The fraction of sp³-hybridized carbons (Fsp3) is 1.00. The molecule has 13 heavy (non-hydrogen) atoms. The Bertz CT molecular complexity index is 161. The van der Waals surface area contributed by atoms with Gasteiger partial charge in [-0.1, -0.05) is 12.8 Å². The quantitative estimate of drug-likeness (QED) is 0.636. The van der Waals surface area contributed by atoms with Gasteiger partial charge in [-0.25, -0.2) is 0 Å². The van der Waals surface area contributed by atoms with Gasteiger partial charge in [0.1, 0.15) is 0 Å². The summed E-state index contributed by atoms with van der Waals surface area (Å²) in [6.07, 6.45) is 5.77. The highest BCUT2D eigenvalue weighted by molar-refractivity contribution is 6.18. The van der Waals surface area contributed by atoms with Crippen LogP contribution in [-0.4, -0.2) is 42.6 Å². The van der Waals surface area contributed by atoms with E-state index in [1.807, 2.05) is 0 Å². The zero-order chi connectivity index (χ0) is 9.10. The maximum absolute atomic E-state index is 5.78. The van der Waals surface area contributed by atoms with Gasteiger partial charge in [0.05, 0.1) is 12.7 Å². The van der Waals surface area contributed by atoms with Crippen LogP contribution in [0.2, 0.25) is 0 Å². The smallest absolute Gasteiger partial charge is 0.0730 e. The topological polar surface area (TPSA) is 12.5 Å². The standard InChI is InChI=1S/C10H18ClNO/c11-5-6-12-7-8-13-10-4-2-1-3-9(10)12/h9-10H,1-8H2. The van der Waals surface area contributed by atoms with E-state index in [2.05, 4.69) is 4.90 Å². The molecule has 3 heteroatoms.